The first-order valence-electron chi connectivity index (χ1n) is 9.60. The number of amides is 1. The molecule has 1 amide bonds. The Kier molecular flexibility index (Phi) is 5.61. The molecule has 1 aromatic heterocycles. The van der Waals surface area contributed by atoms with Crippen molar-refractivity contribution in [1.82, 2.24) is 0 Å². The summed E-state index contributed by atoms with van der Waals surface area (Å²) in [7, 11) is -3.63. The van der Waals surface area contributed by atoms with Gasteiger partial charge < -0.3 is 19.6 Å². The van der Waals surface area contributed by atoms with Crippen LogP contribution in [-0.4, -0.2) is 33.3 Å². The number of esters is 1. The van der Waals surface area contributed by atoms with E-state index >= 15 is 0 Å². The van der Waals surface area contributed by atoms with E-state index in [0.29, 0.717) is 24.2 Å². The fourth-order valence-corrected chi connectivity index (χ4v) is 4.26. The highest BCUT2D eigenvalue weighted by atomic mass is 32.2. The van der Waals surface area contributed by atoms with Crippen molar-refractivity contribution >= 4 is 38.7 Å². The van der Waals surface area contributed by atoms with Crippen LogP contribution in [0.2, 0.25) is 0 Å². The van der Waals surface area contributed by atoms with E-state index in [1.54, 1.807) is 6.07 Å². The van der Waals surface area contributed by atoms with Crippen LogP contribution in [0.3, 0.4) is 0 Å². The Balaban J connectivity index is 1.98. The minimum atomic E-state index is -3.63. The second-order valence-corrected chi connectivity index (χ2v) is 9.08. The average Bonchev–Trinajstić information content (AvgIpc) is 3.33. The third kappa shape index (κ3) is 4.43. The highest BCUT2D eigenvalue weighted by molar-refractivity contribution is 7.92. The SMILES string of the molecule is CS(=O)(=O)Nc1cc2oc(-c3ccc(F)cc3)c(C(=O)OC(N)=O)c2cc1C1CCCO1. The molecule has 3 aromatic rings. The van der Waals surface area contributed by atoms with Gasteiger partial charge in [-0.3, -0.25) is 4.72 Å². The molecule has 11 heteroatoms. The number of anilines is 1. The lowest BCUT2D eigenvalue weighted by atomic mass is 9.99. The maximum absolute atomic E-state index is 13.4. The van der Waals surface area contributed by atoms with Crippen molar-refractivity contribution in [3.63, 3.8) is 0 Å². The number of nitrogens with two attached hydrogens (primary N) is 1. The summed E-state index contributed by atoms with van der Waals surface area (Å²) < 4.78 is 55.8. The largest absolute Gasteiger partial charge is 0.455 e. The molecule has 2 heterocycles. The van der Waals surface area contributed by atoms with Gasteiger partial charge in [0.05, 0.1) is 18.0 Å². The van der Waals surface area contributed by atoms with Gasteiger partial charge in [-0.2, -0.15) is 0 Å². The number of carbonyl (C=O) groups is 2. The molecule has 32 heavy (non-hydrogen) atoms. The number of benzene rings is 2. The number of primary amides is 1. The second kappa shape index (κ2) is 8.24. The van der Waals surface area contributed by atoms with E-state index in [9.17, 15) is 22.4 Å². The molecule has 1 aliphatic heterocycles. The lowest BCUT2D eigenvalue weighted by Crippen LogP contribution is -2.18. The molecular weight excluding hydrogens is 443 g/mol. The van der Waals surface area contributed by atoms with E-state index in [4.69, 9.17) is 14.9 Å². The molecule has 0 spiro atoms. The van der Waals surface area contributed by atoms with E-state index in [1.807, 2.05) is 0 Å². The van der Waals surface area contributed by atoms with Crippen LogP contribution < -0.4 is 10.5 Å². The Bertz CT molecular complexity index is 1310. The Morgan fingerprint density at radius 3 is 2.53 bits per heavy atom. The molecule has 0 aliphatic carbocycles. The standard InChI is InChI=1S/C21H19FN2O7S/c1-32(27,28)24-15-10-17-14(9-13(15)16-3-2-8-29-16)18(20(25)31-21(23)26)19(30-17)11-4-6-12(22)7-5-11/h4-7,9-10,16,24H,2-3,8H2,1H3,(H2,23,26). The summed E-state index contributed by atoms with van der Waals surface area (Å²) in [5, 5.41) is 0.264. The van der Waals surface area contributed by atoms with E-state index in [2.05, 4.69) is 9.46 Å². The summed E-state index contributed by atoms with van der Waals surface area (Å²) in [6, 6.07) is 8.14. The topological polar surface area (TPSA) is 138 Å². The number of furan rings is 1. The molecule has 1 aliphatic rings. The van der Waals surface area contributed by atoms with Crippen LogP contribution in [0.1, 0.15) is 34.9 Å². The summed E-state index contributed by atoms with van der Waals surface area (Å²) in [5.74, 6) is -1.54. The summed E-state index contributed by atoms with van der Waals surface area (Å²) in [5.41, 5.74) is 6.14. The van der Waals surface area contributed by atoms with Crippen molar-refractivity contribution in [2.75, 3.05) is 17.6 Å². The van der Waals surface area contributed by atoms with Gasteiger partial charge in [-0.15, -0.1) is 0 Å². The Labute approximate surface area is 182 Å². The Morgan fingerprint density at radius 2 is 1.94 bits per heavy atom. The molecule has 1 unspecified atom stereocenters. The van der Waals surface area contributed by atoms with Gasteiger partial charge in [-0.25, -0.2) is 22.4 Å². The number of carbonyl (C=O) groups excluding carboxylic acids is 2. The van der Waals surface area contributed by atoms with Crippen molar-refractivity contribution in [2.24, 2.45) is 5.73 Å². The fourth-order valence-electron chi connectivity index (χ4n) is 3.69. The predicted octanol–water partition coefficient (Wildman–Crippen LogP) is 3.70. The highest BCUT2D eigenvalue weighted by Crippen LogP contribution is 2.41. The second-order valence-electron chi connectivity index (χ2n) is 7.33. The number of ether oxygens (including phenoxy) is 2. The van der Waals surface area contributed by atoms with Crippen LogP contribution in [0.15, 0.2) is 40.8 Å². The summed E-state index contributed by atoms with van der Waals surface area (Å²) in [4.78, 5) is 24.0. The molecule has 0 radical (unpaired) electrons. The van der Waals surface area contributed by atoms with E-state index in [0.717, 1.165) is 12.7 Å². The maximum atomic E-state index is 13.4. The van der Waals surface area contributed by atoms with Gasteiger partial charge in [0.1, 0.15) is 22.7 Å². The van der Waals surface area contributed by atoms with Crippen molar-refractivity contribution in [3.05, 3.63) is 53.3 Å². The number of rotatable bonds is 5. The molecule has 0 saturated carbocycles. The van der Waals surface area contributed by atoms with Gasteiger partial charge in [-0.05, 0) is 43.2 Å². The number of fused-ring (bicyclic) bond motifs is 1. The van der Waals surface area contributed by atoms with Crippen molar-refractivity contribution in [2.45, 2.75) is 18.9 Å². The number of hydrogen-bond acceptors (Lipinski definition) is 7. The van der Waals surface area contributed by atoms with Gasteiger partial charge >= 0.3 is 12.1 Å². The molecule has 168 valence electrons. The third-order valence-electron chi connectivity index (χ3n) is 4.94. The third-order valence-corrected chi connectivity index (χ3v) is 5.53. The number of halogens is 1. The van der Waals surface area contributed by atoms with E-state index in [-0.39, 0.29) is 28.0 Å². The van der Waals surface area contributed by atoms with Crippen molar-refractivity contribution in [1.29, 1.82) is 0 Å². The molecule has 9 nitrogen and oxygen atoms in total. The van der Waals surface area contributed by atoms with Crippen LogP contribution in [0.4, 0.5) is 14.9 Å². The summed E-state index contributed by atoms with van der Waals surface area (Å²) in [6.45, 7) is 0.504. The van der Waals surface area contributed by atoms with Crippen molar-refractivity contribution < 1.29 is 36.3 Å². The zero-order valence-electron chi connectivity index (χ0n) is 16.9. The molecule has 3 N–H and O–H groups in total. The van der Waals surface area contributed by atoms with Gasteiger partial charge in [0.2, 0.25) is 10.0 Å². The number of hydrogen-bond donors (Lipinski definition) is 2. The van der Waals surface area contributed by atoms with Gasteiger partial charge in [0.15, 0.2) is 0 Å². The number of nitrogens with one attached hydrogen (secondary N) is 1. The molecule has 0 bridgehead atoms. The lowest BCUT2D eigenvalue weighted by Gasteiger charge is -2.16. The molecule has 4 rings (SSSR count). The van der Waals surface area contributed by atoms with Crippen LogP contribution in [0, 0.1) is 5.82 Å². The number of sulfonamides is 1. The van der Waals surface area contributed by atoms with Crippen LogP contribution >= 0.6 is 0 Å². The monoisotopic (exact) mass is 462 g/mol. The van der Waals surface area contributed by atoms with E-state index < -0.39 is 34.0 Å². The molecule has 2 aromatic carbocycles. The van der Waals surface area contributed by atoms with Crippen LogP contribution in [0.25, 0.3) is 22.3 Å². The zero-order chi connectivity index (χ0) is 23.0. The first-order valence-corrected chi connectivity index (χ1v) is 11.5. The van der Waals surface area contributed by atoms with E-state index in [1.165, 1.54) is 30.3 Å². The normalized spacial score (nSPS) is 16.2. The fraction of sp³-hybridized carbons (Fsp3) is 0.238. The van der Waals surface area contributed by atoms with Crippen molar-refractivity contribution in [3.8, 4) is 11.3 Å². The van der Waals surface area contributed by atoms with Crippen LogP contribution in [-0.2, 0) is 19.5 Å². The van der Waals surface area contributed by atoms with Gasteiger partial charge in [0.25, 0.3) is 0 Å². The van der Waals surface area contributed by atoms with Gasteiger partial charge in [-0.1, -0.05) is 0 Å². The summed E-state index contributed by atoms with van der Waals surface area (Å²) in [6.07, 6.45) is 0.729. The highest BCUT2D eigenvalue weighted by Gasteiger charge is 2.29. The molecular formula is C21H19FN2O7S. The molecule has 1 atom stereocenters. The molecule has 1 saturated heterocycles. The predicted molar refractivity (Wildman–Crippen MR) is 113 cm³/mol. The minimum Gasteiger partial charge on any atom is -0.455 e. The van der Waals surface area contributed by atoms with Gasteiger partial charge in [0, 0.05) is 29.2 Å². The maximum Gasteiger partial charge on any atom is 0.412 e. The lowest BCUT2D eigenvalue weighted by molar-refractivity contribution is 0.0640. The molecule has 1 fully saturated rings. The minimum absolute atomic E-state index is 0.0149. The Morgan fingerprint density at radius 1 is 1.22 bits per heavy atom. The first-order chi connectivity index (χ1) is 15.1. The Hall–Kier alpha value is -3.44. The first kappa shape index (κ1) is 21.8. The van der Waals surface area contributed by atoms with Crippen LogP contribution in [0.5, 0.6) is 0 Å². The smallest absolute Gasteiger partial charge is 0.412 e. The average molecular weight is 462 g/mol. The quantitative estimate of drug-likeness (QED) is 0.435. The zero-order valence-corrected chi connectivity index (χ0v) is 17.7. The summed E-state index contributed by atoms with van der Waals surface area (Å²) >= 11 is 0.